The molecule has 2 heterocycles. The van der Waals surface area contributed by atoms with Crippen LogP contribution in [-0.4, -0.2) is 5.78 Å². The molecule has 0 bridgehead atoms. The van der Waals surface area contributed by atoms with E-state index >= 15 is 0 Å². The van der Waals surface area contributed by atoms with Crippen LogP contribution < -0.4 is 10.4 Å². The van der Waals surface area contributed by atoms with Crippen molar-refractivity contribution >= 4 is 27.5 Å². The summed E-state index contributed by atoms with van der Waals surface area (Å²) >= 11 is 3.43. The molecule has 3 aromatic rings. The minimum atomic E-state index is -0.534. The third-order valence-electron chi connectivity index (χ3n) is 4.97. The molecule has 0 spiro atoms. The van der Waals surface area contributed by atoms with Crippen molar-refractivity contribution in [3.8, 4) is 5.75 Å². The van der Waals surface area contributed by atoms with Crippen molar-refractivity contribution in [2.24, 2.45) is 0 Å². The van der Waals surface area contributed by atoms with Crippen LogP contribution in [0.3, 0.4) is 0 Å². The summed E-state index contributed by atoms with van der Waals surface area (Å²) in [5.41, 5.74) is 2.57. The normalized spacial score (nSPS) is 17.3. The molecule has 5 heteroatoms. The Morgan fingerprint density at radius 1 is 0.963 bits per heavy atom. The quantitative estimate of drug-likeness (QED) is 0.564. The summed E-state index contributed by atoms with van der Waals surface area (Å²) in [6, 6.07) is 16.7. The van der Waals surface area contributed by atoms with Crippen LogP contribution in [0.5, 0.6) is 5.75 Å². The Balaban J connectivity index is 1.83. The highest BCUT2D eigenvalue weighted by molar-refractivity contribution is 9.10. The van der Waals surface area contributed by atoms with E-state index in [4.69, 9.17) is 9.15 Å². The van der Waals surface area contributed by atoms with Crippen molar-refractivity contribution < 1.29 is 13.9 Å². The predicted molar refractivity (Wildman–Crippen MR) is 104 cm³/mol. The fraction of sp³-hybridized carbons (Fsp3) is 0.0909. The lowest BCUT2D eigenvalue weighted by molar-refractivity contribution is 0.103. The molecule has 5 rings (SSSR count). The maximum atomic E-state index is 13.2. The van der Waals surface area contributed by atoms with E-state index in [9.17, 15) is 9.59 Å². The highest BCUT2D eigenvalue weighted by atomic mass is 79.9. The number of benzene rings is 2. The van der Waals surface area contributed by atoms with Crippen LogP contribution >= 0.6 is 15.9 Å². The van der Waals surface area contributed by atoms with Crippen molar-refractivity contribution in [1.82, 2.24) is 0 Å². The van der Waals surface area contributed by atoms with Gasteiger partial charge >= 0.3 is 5.63 Å². The number of ketones is 1. The molecule has 0 amide bonds. The monoisotopic (exact) mass is 420 g/mol. The topological polar surface area (TPSA) is 56.5 Å². The molecule has 0 N–H and O–H groups in total. The second-order valence-corrected chi connectivity index (χ2v) is 7.54. The summed E-state index contributed by atoms with van der Waals surface area (Å²) in [6.07, 6.45) is 0. The highest BCUT2D eigenvalue weighted by Crippen LogP contribution is 2.49. The standard InChI is InChI=1S/C22H13BrO4/c1-11-10-16-18(22(25)26-11)17(12-6-8-13(23)9-7-12)19-20(24)14-4-2-3-5-15(14)21(19)27-16/h2-10,17H,1H3. The van der Waals surface area contributed by atoms with Gasteiger partial charge in [-0.1, -0.05) is 52.3 Å². The van der Waals surface area contributed by atoms with Crippen molar-refractivity contribution in [3.63, 3.8) is 0 Å². The molecule has 1 atom stereocenters. The number of carbonyl (C=O) groups is 1. The van der Waals surface area contributed by atoms with Crippen molar-refractivity contribution in [2.75, 3.05) is 0 Å². The maximum absolute atomic E-state index is 13.2. The number of allylic oxidation sites excluding steroid dienone is 1. The Bertz CT molecular complexity index is 1200. The Morgan fingerprint density at radius 3 is 2.41 bits per heavy atom. The van der Waals surface area contributed by atoms with Crippen LogP contribution in [0, 0.1) is 6.92 Å². The zero-order valence-electron chi connectivity index (χ0n) is 14.3. The molecule has 132 valence electrons. The first kappa shape index (κ1) is 16.3. The summed E-state index contributed by atoms with van der Waals surface area (Å²) < 4.78 is 12.3. The summed E-state index contributed by atoms with van der Waals surface area (Å²) in [7, 11) is 0. The molecule has 1 aromatic heterocycles. The van der Waals surface area contributed by atoms with Crippen LogP contribution in [0.15, 0.2) is 73.9 Å². The largest absolute Gasteiger partial charge is 0.456 e. The molecular formula is C22H13BrO4. The molecular weight excluding hydrogens is 408 g/mol. The van der Waals surface area contributed by atoms with Gasteiger partial charge in [-0.2, -0.15) is 0 Å². The Labute approximate surface area is 163 Å². The van der Waals surface area contributed by atoms with E-state index in [-0.39, 0.29) is 5.78 Å². The molecule has 2 aromatic carbocycles. The Hall–Kier alpha value is -2.92. The first-order valence-electron chi connectivity index (χ1n) is 8.51. The number of fused-ring (bicyclic) bond motifs is 3. The minimum absolute atomic E-state index is 0.112. The molecule has 0 saturated heterocycles. The number of halogens is 1. The van der Waals surface area contributed by atoms with E-state index in [1.54, 1.807) is 19.1 Å². The molecule has 4 nitrogen and oxygen atoms in total. The fourth-order valence-electron chi connectivity index (χ4n) is 3.83. The lowest BCUT2D eigenvalue weighted by Gasteiger charge is -2.26. The van der Waals surface area contributed by atoms with E-state index in [0.717, 1.165) is 15.6 Å². The summed E-state index contributed by atoms with van der Waals surface area (Å²) in [5.74, 6) is 0.795. The van der Waals surface area contributed by atoms with Crippen LogP contribution in [0.25, 0.3) is 5.76 Å². The fourth-order valence-corrected chi connectivity index (χ4v) is 4.09. The van der Waals surface area contributed by atoms with E-state index in [1.807, 2.05) is 42.5 Å². The maximum Gasteiger partial charge on any atom is 0.343 e. The van der Waals surface area contributed by atoms with E-state index in [0.29, 0.717) is 34.0 Å². The number of hydrogen-bond acceptors (Lipinski definition) is 4. The third-order valence-corrected chi connectivity index (χ3v) is 5.50. The van der Waals surface area contributed by atoms with Gasteiger partial charge in [-0.25, -0.2) is 4.79 Å². The number of ether oxygens (including phenoxy) is 1. The molecule has 1 unspecified atom stereocenters. The van der Waals surface area contributed by atoms with Gasteiger partial charge < -0.3 is 9.15 Å². The predicted octanol–water partition coefficient (Wildman–Crippen LogP) is 4.84. The molecule has 0 radical (unpaired) electrons. The van der Waals surface area contributed by atoms with Gasteiger partial charge in [0, 0.05) is 21.7 Å². The summed E-state index contributed by atoms with van der Waals surface area (Å²) in [4.78, 5) is 25.9. The van der Waals surface area contributed by atoms with Crippen molar-refractivity contribution in [1.29, 1.82) is 0 Å². The number of aryl methyl sites for hydroxylation is 1. The molecule has 0 fully saturated rings. The molecule has 0 saturated carbocycles. The number of hydrogen-bond donors (Lipinski definition) is 0. The van der Waals surface area contributed by atoms with Gasteiger partial charge in [0.15, 0.2) is 5.78 Å². The highest BCUT2D eigenvalue weighted by Gasteiger charge is 2.43. The Morgan fingerprint density at radius 2 is 1.67 bits per heavy atom. The number of Topliss-reactive ketones (excluding diaryl/α,β-unsaturated/α-hetero) is 1. The first-order valence-corrected chi connectivity index (χ1v) is 9.30. The molecule has 1 aliphatic heterocycles. The van der Waals surface area contributed by atoms with E-state index in [1.165, 1.54) is 0 Å². The Kier molecular flexibility index (Phi) is 3.49. The molecule has 1 aliphatic carbocycles. The van der Waals surface area contributed by atoms with Crippen molar-refractivity contribution in [3.05, 3.63) is 103 Å². The van der Waals surface area contributed by atoms with E-state index in [2.05, 4.69) is 15.9 Å². The molecule has 2 aliphatic rings. The second kappa shape index (κ2) is 5.79. The van der Waals surface area contributed by atoms with Gasteiger partial charge in [0.05, 0.1) is 17.1 Å². The third kappa shape index (κ3) is 2.35. The smallest absolute Gasteiger partial charge is 0.343 e. The van der Waals surface area contributed by atoms with Crippen LogP contribution in [-0.2, 0) is 0 Å². The second-order valence-electron chi connectivity index (χ2n) is 6.63. The van der Waals surface area contributed by atoms with Crippen molar-refractivity contribution in [2.45, 2.75) is 12.8 Å². The lowest BCUT2D eigenvalue weighted by Crippen LogP contribution is -2.24. The van der Waals surface area contributed by atoms with Gasteiger partial charge in [-0.05, 0) is 24.6 Å². The lowest BCUT2D eigenvalue weighted by atomic mass is 9.82. The first-order chi connectivity index (χ1) is 13.0. The van der Waals surface area contributed by atoms with Gasteiger partial charge in [0.2, 0.25) is 0 Å². The average molecular weight is 421 g/mol. The SMILES string of the molecule is Cc1cc2c(c(=O)o1)C(c1ccc(Br)cc1)C1=C(O2)c2ccccc2C1=O. The van der Waals surface area contributed by atoms with Gasteiger partial charge in [0.25, 0.3) is 0 Å². The average Bonchev–Trinajstić information content (AvgIpc) is 2.93. The van der Waals surface area contributed by atoms with Crippen LogP contribution in [0.4, 0.5) is 0 Å². The zero-order valence-corrected chi connectivity index (χ0v) is 15.9. The van der Waals surface area contributed by atoms with Crippen LogP contribution in [0.1, 0.15) is 38.7 Å². The number of rotatable bonds is 1. The van der Waals surface area contributed by atoms with Gasteiger partial charge in [0.1, 0.15) is 17.3 Å². The molecule has 27 heavy (non-hydrogen) atoms. The zero-order chi connectivity index (χ0) is 18.7. The summed E-state index contributed by atoms with van der Waals surface area (Å²) in [5, 5.41) is 0. The minimum Gasteiger partial charge on any atom is -0.456 e. The van der Waals surface area contributed by atoms with Gasteiger partial charge in [-0.15, -0.1) is 0 Å². The van der Waals surface area contributed by atoms with Gasteiger partial charge in [-0.3, -0.25) is 4.79 Å². The van der Waals surface area contributed by atoms with E-state index < -0.39 is 11.5 Å². The van der Waals surface area contributed by atoms with Crippen LogP contribution in [0.2, 0.25) is 0 Å². The number of carbonyl (C=O) groups excluding carboxylic acids is 1. The summed E-state index contributed by atoms with van der Waals surface area (Å²) in [6.45, 7) is 1.71.